The second-order valence-corrected chi connectivity index (χ2v) is 7.48. The maximum atomic E-state index is 12.3. The molecular weight excluding hydrogens is 418 g/mol. The molecule has 0 unspecified atom stereocenters. The van der Waals surface area contributed by atoms with E-state index in [1.54, 1.807) is 6.20 Å². The van der Waals surface area contributed by atoms with Crippen LogP contribution < -0.4 is 15.4 Å². The van der Waals surface area contributed by atoms with E-state index in [4.69, 9.17) is 4.74 Å². The standard InChI is InChI=1S/C22H20BrN3O2/c23-19-14-25-22(18-9-10-28-21(18)19)24-13-16-7-4-8-17(11-16)26-20(27)12-15-5-2-1-3-6-15/h1-8,11,14H,9-10,12-13H2,(H,24,25)(H,26,27). The molecule has 3 aromatic rings. The zero-order valence-corrected chi connectivity index (χ0v) is 16.8. The van der Waals surface area contributed by atoms with Crippen LogP contribution in [0.1, 0.15) is 16.7 Å². The van der Waals surface area contributed by atoms with E-state index in [1.807, 2.05) is 54.6 Å². The second-order valence-electron chi connectivity index (χ2n) is 6.63. The number of carbonyl (C=O) groups excluding carboxylic acids is 1. The van der Waals surface area contributed by atoms with E-state index in [2.05, 4.69) is 31.5 Å². The lowest BCUT2D eigenvalue weighted by Gasteiger charge is -2.11. The van der Waals surface area contributed by atoms with Gasteiger partial charge in [-0.3, -0.25) is 4.79 Å². The van der Waals surface area contributed by atoms with E-state index in [0.29, 0.717) is 19.6 Å². The molecule has 0 atom stereocenters. The number of hydrogen-bond acceptors (Lipinski definition) is 4. The molecule has 0 saturated carbocycles. The first kappa shape index (κ1) is 18.5. The maximum absolute atomic E-state index is 12.3. The van der Waals surface area contributed by atoms with Gasteiger partial charge in [0, 0.05) is 30.4 Å². The molecule has 28 heavy (non-hydrogen) atoms. The summed E-state index contributed by atoms with van der Waals surface area (Å²) in [6.45, 7) is 1.29. The molecule has 0 saturated heterocycles. The lowest BCUT2D eigenvalue weighted by molar-refractivity contribution is -0.115. The molecule has 6 heteroatoms. The van der Waals surface area contributed by atoms with Crippen LogP contribution in [0.15, 0.2) is 65.3 Å². The normalized spacial score (nSPS) is 12.2. The Morgan fingerprint density at radius 3 is 2.79 bits per heavy atom. The Morgan fingerprint density at radius 2 is 1.93 bits per heavy atom. The van der Waals surface area contributed by atoms with Gasteiger partial charge in [-0.15, -0.1) is 0 Å². The van der Waals surface area contributed by atoms with Gasteiger partial charge in [0.25, 0.3) is 0 Å². The zero-order chi connectivity index (χ0) is 19.3. The minimum absolute atomic E-state index is 0.0270. The summed E-state index contributed by atoms with van der Waals surface area (Å²) in [5.74, 6) is 1.69. The number of rotatable bonds is 6. The van der Waals surface area contributed by atoms with Crippen LogP contribution in [0.2, 0.25) is 0 Å². The molecule has 1 amide bonds. The Hall–Kier alpha value is -2.86. The number of anilines is 2. The second kappa shape index (κ2) is 8.44. The molecule has 0 radical (unpaired) electrons. The first-order valence-corrected chi connectivity index (χ1v) is 9.95. The number of ether oxygens (including phenoxy) is 1. The lowest BCUT2D eigenvalue weighted by Crippen LogP contribution is -2.14. The summed E-state index contributed by atoms with van der Waals surface area (Å²) in [5.41, 5.74) is 3.95. The zero-order valence-electron chi connectivity index (χ0n) is 15.2. The predicted octanol–water partition coefficient (Wildman–Crippen LogP) is 4.57. The van der Waals surface area contributed by atoms with Gasteiger partial charge in [-0.25, -0.2) is 4.98 Å². The monoisotopic (exact) mass is 437 g/mol. The average molecular weight is 438 g/mol. The van der Waals surface area contributed by atoms with Crippen molar-refractivity contribution in [2.45, 2.75) is 19.4 Å². The third kappa shape index (κ3) is 4.34. The highest BCUT2D eigenvalue weighted by Gasteiger charge is 2.20. The number of amides is 1. The van der Waals surface area contributed by atoms with Crippen molar-refractivity contribution in [3.63, 3.8) is 0 Å². The summed E-state index contributed by atoms with van der Waals surface area (Å²) in [5, 5.41) is 6.35. The molecule has 2 N–H and O–H groups in total. The molecule has 1 aliphatic rings. The SMILES string of the molecule is O=C(Cc1ccccc1)Nc1cccc(CNc2ncc(Br)c3c2CCO3)c1. The van der Waals surface area contributed by atoms with Crippen molar-refractivity contribution < 1.29 is 9.53 Å². The molecule has 2 aromatic carbocycles. The first-order valence-electron chi connectivity index (χ1n) is 9.16. The van der Waals surface area contributed by atoms with Gasteiger partial charge in [-0.2, -0.15) is 0 Å². The minimum Gasteiger partial charge on any atom is -0.492 e. The summed E-state index contributed by atoms with van der Waals surface area (Å²) >= 11 is 3.48. The smallest absolute Gasteiger partial charge is 0.228 e. The Kier molecular flexibility index (Phi) is 5.58. The topological polar surface area (TPSA) is 63.2 Å². The summed E-state index contributed by atoms with van der Waals surface area (Å²) in [4.78, 5) is 16.8. The predicted molar refractivity (Wildman–Crippen MR) is 114 cm³/mol. The third-order valence-corrected chi connectivity index (χ3v) is 5.13. The van der Waals surface area contributed by atoms with E-state index in [0.717, 1.165) is 44.8 Å². The fourth-order valence-electron chi connectivity index (χ4n) is 3.24. The Balaban J connectivity index is 1.39. The lowest BCUT2D eigenvalue weighted by atomic mass is 10.1. The largest absolute Gasteiger partial charge is 0.492 e. The summed E-state index contributed by atoms with van der Waals surface area (Å²) in [7, 11) is 0. The molecule has 0 fully saturated rings. The fraction of sp³-hybridized carbons (Fsp3) is 0.182. The van der Waals surface area contributed by atoms with Gasteiger partial charge in [-0.1, -0.05) is 42.5 Å². The molecular formula is C22H20BrN3O2. The highest BCUT2D eigenvalue weighted by atomic mass is 79.9. The quantitative estimate of drug-likeness (QED) is 0.592. The molecule has 2 heterocycles. The average Bonchev–Trinajstić information content (AvgIpc) is 3.19. The number of nitrogens with one attached hydrogen (secondary N) is 2. The van der Waals surface area contributed by atoms with E-state index in [9.17, 15) is 4.79 Å². The highest BCUT2D eigenvalue weighted by Crippen LogP contribution is 2.36. The van der Waals surface area contributed by atoms with Crippen LogP contribution in [0.25, 0.3) is 0 Å². The number of fused-ring (bicyclic) bond motifs is 1. The van der Waals surface area contributed by atoms with Crippen LogP contribution in [-0.4, -0.2) is 17.5 Å². The van der Waals surface area contributed by atoms with Gasteiger partial charge in [0.15, 0.2) is 0 Å². The van der Waals surface area contributed by atoms with Crippen molar-refractivity contribution in [2.75, 3.05) is 17.2 Å². The molecule has 5 nitrogen and oxygen atoms in total. The summed E-state index contributed by atoms with van der Waals surface area (Å²) < 4.78 is 6.54. The van der Waals surface area contributed by atoms with Gasteiger partial charge in [0.05, 0.1) is 17.5 Å². The number of benzene rings is 2. The van der Waals surface area contributed by atoms with Crippen LogP contribution in [0.5, 0.6) is 5.75 Å². The van der Waals surface area contributed by atoms with Crippen molar-refractivity contribution in [3.8, 4) is 5.75 Å². The van der Waals surface area contributed by atoms with Gasteiger partial charge in [0.2, 0.25) is 5.91 Å². The van der Waals surface area contributed by atoms with Crippen LogP contribution in [0.4, 0.5) is 11.5 Å². The molecule has 0 aliphatic carbocycles. The summed E-state index contributed by atoms with van der Waals surface area (Å²) in [6.07, 6.45) is 2.96. The highest BCUT2D eigenvalue weighted by molar-refractivity contribution is 9.10. The Labute approximate surface area is 172 Å². The number of carbonyl (C=O) groups is 1. The van der Waals surface area contributed by atoms with Crippen molar-refractivity contribution in [1.82, 2.24) is 4.98 Å². The fourth-order valence-corrected chi connectivity index (χ4v) is 3.69. The number of hydrogen-bond donors (Lipinski definition) is 2. The Bertz CT molecular complexity index is 992. The van der Waals surface area contributed by atoms with Crippen molar-refractivity contribution in [3.05, 3.63) is 82.0 Å². The van der Waals surface area contributed by atoms with E-state index < -0.39 is 0 Å². The van der Waals surface area contributed by atoms with Gasteiger partial charge >= 0.3 is 0 Å². The minimum atomic E-state index is -0.0270. The third-order valence-electron chi connectivity index (χ3n) is 4.56. The van der Waals surface area contributed by atoms with Gasteiger partial charge < -0.3 is 15.4 Å². The van der Waals surface area contributed by atoms with E-state index in [1.165, 1.54) is 0 Å². The van der Waals surface area contributed by atoms with Crippen molar-refractivity contribution in [2.24, 2.45) is 0 Å². The van der Waals surface area contributed by atoms with Gasteiger partial charge in [-0.05, 0) is 39.2 Å². The van der Waals surface area contributed by atoms with E-state index >= 15 is 0 Å². The first-order chi connectivity index (χ1) is 13.7. The Morgan fingerprint density at radius 1 is 1.11 bits per heavy atom. The van der Waals surface area contributed by atoms with Crippen molar-refractivity contribution in [1.29, 1.82) is 0 Å². The molecule has 1 aliphatic heterocycles. The molecule has 142 valence electrons. The number of aromatic nitrogens is 1. The maximum Gasteiger partial charge on any atom is 0.228 e. The van der Waals surface area contributed by atoms with Gasteiger partial charge in [0.1, 0.15) is 11.6 Å². The molecule has 1 aromatic heterocycles. The van der Waals surface area contributed by atoms with Crippen LogP contribution in [-0.2, 0) is 24.2 Å². The molecule has 0 spiro atoms. The van der Waals surface area contributed by atoms with E-state index in [-0.39, 0.29) is 5.91 Å². The molecule has 4 rings (SSSR count). The number of halogens is 1. The summed E-state index contributed by atoms with van der Waals surface area (Å²) in [6, 6.07) is 17.6. The molecule has 0 bridgehead atoms. The van der Waals surface area contributed by atoms with Crippen molar-refractivity contribution >= 4 is 33.3 Å². The van der Waals surface area contributed by atoms with Crippen LogP contribution >= 0.6 is 15.9 Å². The number of pyridine rings is 1. The van der Waals surface area contributed by atoms with Crippen LogP contribution in [0, 0.1) is 0 Å². The van der Waals surface area contributed by atoms with Crippen LogP contribution in [0.3, 0.4) is 0 Å². The number of nitrogens with zero attached hydrogens (tertiary/aromatic N) is 1.